The van der Waals surface area contributed by atoms with Gasteiger partial charge in [0.25, 0.3) is 5.91 Å². The first-order chi connectivity index (χ1) is 15.0. The third-order valence-electron chi connectivity index (χ3n) is 6.27. The van der Waals surface area contributed by atoms with E-state index in [0.717, 1.165) is 68.2 Å². The highest BCUT2D eigenvalue weighted by atomic mass is 16.2. The van der Waals surface area contributed by atoms with E-state index in [1.165, 1.54) is 0 Å². The van der Waals surface area contributed by atoms with E-state index in [-0.39, 0.29) is 5.91 Å². The minimum atomic E-state index is 0.0721. The molecule has 3 heterocycles. The molecule has 2 aromatic rings. The van der Waals surface area contributed by atoms with Gasteiger partial charge in [-0.2, -0.15) is 4.98 Å². The van der Waals surface area contributed by atoms with Crippen LogP contribution < -0.4 is 10.2 Å². The zero-order chi connectivity index (χ0) is 22.0. The number of allylic oxidation sites excluding steroid dienone is 1. The summed E-state index contributed by atoms with van der Waals surface area (Å²) in [6.45, 7) is 12.0. The molecule has 0 atom stereocenters. The van der Waals surface area contributed by atoms with Crippen LogP contribution in [0.15, 0.2) is 42.7 Å². The predicted octanol–water partition coefficient (Wildman–Crippen LogP) is 3.67. The molecule has 0 radical (unpaired) electrons. The molecule has 164 valence electrons. The fourth-order valence-corrected chi connectivity index (χ4v) is 4.38. The van der Waals surface area contributed by atoms with Gasteiger partial charge in [0.2, 0.25) is 5.95 Å². The Morgan fingerprint density at radius 2 is 1.94 bits per heavy atom. The third-order valence-corrected chi connectivity index (χ3v) is 6.27. The lowest BCUT2D eigenvalue weighted by atomic mass is 10.1. The largest absolute Gasteiger partial charge is 0.336 e. The number of rotatable bonds is 6. The lowest BCUT2D eigenvalue weighted by Crippen LogP contribution is -2.47. The molecule has 1 saturated heterocycles. The maximum atomic E-state index is 12.9. The molecule has 2 aliphatic heterocycles. The van der Waals surface area contributed by atoms with Crippen molar-refractivity contribution in [3.63, 3.8) is 0 Å². The van der Waals surface area contributed by atoms with Crippen LogP contribution in [0.1, 0.15) is 42.6 Å². The summed E-state index contributed by atoms with van der Waals surface area (Å²) in [5, 5.41) is 3.29. The van der Waals surface area contributed by atoms with E-state index in [0.29, 0.717) is 17.6 Å². The van der Waals surface area contributed by atoms with Gasteiger partial charge in [-0.1, -0.05) is 26.5 Å². The molecule has 0 saturated carbocycles. The van der Waals surface area contributed by atoms with Gasteiger partial charge in [0.05, 0.1) is 0 Å². The SMILES string of the molecule is C=C1Cc2cnc(Nc3cccc(C(=O)N4CCN(C)CC4)c3)nc2N1C(CC)CC. The van der Waals surface area contributed by atoms with Crippen LogP contribution in [0.25, 0.3) is 0 Å². The first-order valence-corrected chi connectivity index (χ1v) is 11.2. The van der Waals surface area contributed by atoms with Crippen LogP contribution >= 0.6 is 0 Å². The van der Waals surface area contributed by atoms with E-state index >= 15 is 0 Å². The average molecular weight is 421 g/mol. The van der Waals surface area contributed by atoms with Gasteiger partial charge in [-0.05, 0) is 38.1 Å². The Morgan fingerprint density at radius 3 is 2.65 bits per heavy atom. The molecule has 0 aliphatic carbocycles. The van der Waals surface area contributed by atoms with Gasteiger partial charge in [-0.25, -0.2) is 4.98 Å². The number of benzene rings is 1. The van der Waals surface area contributed by atoms with E-state index in [9.17, 15) is 4.79 Å². The molecule has 2 aliphatic rings. The van der Waals surface area contributed by atoms with Crippen molar-refractivity contribution >= 4 is 23.4 Å². The van der Waals surface area contributed by atoms with E-state index < -0.39 is 0 Å². The second-order valence-electron chi connectivity index (χ2n) is 8.43. The smallest absolute Gasteiger partial charge is 0.254 e. The van der Waals surface area contributed by atoms with Gasteiger partial charge >= 0.3 is 0 Å². The second-order valence-corrected chi connectivity index (χ2v) is 8.43. The maximum Gasteiger partial charge on any atom is 0.254 e. The molecule has 4 rings (SSSR count). The summed E-state index contributed by atoms with van der Waals surface area (Å²) < 4.78 is 0. The van der Waals surface area contributed by atoms with Crippen molar-refractivity contribution < 1.29 is 4.79 Å². The molecule has 0 bridgehead atoms. The number of carbonyl (C=O) groups excluding carboxylic acids is 1. The van der Waals surface area contributed by atoms with E-state index in [1.54, 1.807) is 0 Å². The number of amides is 1. The van der Waals surface area contributed by atoms with Gasteiger partial charge in [0, 0.05) is 67.3 Å². The number of anilines is 3. The van der Waals surface area contributed by atoms with Crippen LogP contribution in [0.5, 0.6) is 0 Å². The van der Waals surface area contributed by atoms with Gasteiger partial charge in [-0.3, -0.25) is 4.79 Å². The molecule has 1 N–H and O–H groups in total. The lowest BCUT2D eigenvalue weighted by molar-refractivity contribution is 0.0664. The summed E-state index contributed by atoms with van der Waals surface area (Å²) >= 11 is 0. The lowest BCUT2D eigenvalue weighted by Gasteiger charge is -2.32. The Kier molecular flexibility index (Phi) is 6.23. The van der Waals surface area contributed by atoms with E-state index in [1.807, 2.05) is 35.4 Å². The number of hydrogen-bond donors (Lipinski definition) is 1. The minimum Gasteiger partial charge on any atom is -0.336 e. The highest BCUT2D eigenvalue weighted by Crippen LogP contribution is 2.35. The van der Waals surface area contributed by atoms with E-state index in [2.05, 4.69) is 47.6 Å². The van der Waals surface area contributed by atoms with Crippen molar-refractivity contribution in [1.82, 2.24) is 19.8 Å². The molecular weight excluding hydrogens is 388 g/mol. The highest BCUT2D eigenvalue weighted by Gasteiger charge is 2.29. The topological polar surface area (TPSA) is 64.6 Å². The van der Waals surface area contributed by atoms with Crippen molar-refractivity contribution in [2.24, 2.45) is 0 Å². The van der Waals surface area contributed by atoms with E-state index in [4.69, 9.17) is 4.98 Å². The number of aromatic nitrogens is 2. The standard InChI is InChI=1S/C24H32N6O/c1-5-21(6-2)30-17(3)14-19-16-25-24(27-22(19)30)26-20-9-7-8-18(15-20)23(31)29-12-10-28(4)11-13-29/h7-9,15-16,21H,3,5-6,10-14H2,1-2,4H3,(H,25,26,27). The molecule has 1 aromatic carbocycles. The quantitative estimate of drug-likeness (QED) is 0.769. The van der Waals surface area contributed by atoms with Crippen molar-refractivity contribution in [2.45, 2.75) is 39.2 Å². The maximum absolute atomic E-state index is 12.9. The Morgan fingerprint density at radius 1 is 1.19 bits per heavy atom. The minimum absolute atomic E-state index is 0.0721. The predicted molar refractivity (Wildman–Crippen MR) is 125 cm³/mol. The number of hydrogen-bond acceptors (Lipinski definition) is 6. The van der Waals surface area contributed by atoms with Crippen LogP contribution in [0.3, 0.4) is 0 Å². The summed E-state index contributed by atoms with van der Waals surface area (Å²) in [5.74, 6) is 1.55. The van der Waals surface area contributed by atoms with Gasteiger partial charge in [0.1, 0.15) is 5.82 Å². The Balaban J connectivity index is 1.52. The van der Waals surface area contributed by atoms with Gasteiger partial charge in [0.15, 0.2) is 0 Å². The number of likely N-dealkylation sites (N-methyl/N-ethyl adjacent to an activating group) is 1. The van der Waals surface area contributed by atoms with Crippen LogP contribution in [0, 0.1) is 0 Å². The monoisotopic (exact) mass is 420 g/mol. The molecule has 1 fully saturated rings. The summed E-state index contributed by atoms with van der Waals surface area (Å²) in [4.78, 5) is 28.7. The number of nitrogens with zero attached hydrogens (tertiary/aromatic N) is 5. The van der Waals surface area contributed by atoms with Crippen LogP contribution in [-0.2, 0) is 6.42 Å². The molecule has 1 aromatic heterocycles. The Labute approximate surface area is 184 Å². The van der Waals surface area contributed by atoms with Crippen molar-refractivity contribution in [2.75, 3.05) is 43.4 Å². The summed E-state index contributed by atoms with van der Waals surface area (Å²) in [7, 11) is 2.09. The molecule has 0 spiro atoms. The van der Waals surface area contributed by atoms with Crippen LogP contribution in [0.4, 0.5) is 17.5 Å². The van der Waals surface area contributed by atoms with Crippen molar-refractivity contribution in [1.29, 1.82) is 0 Å². The second kappa shape index (κ2) is 9.06. The number of fused-ring (bicyclic) bond motifs is 1. The summed E-state index contributed by atoms with van der Waals surface area (Å²) in [6.07, 6.45) is 4.76. The average Bonchev–Trinajstić information content (AvgIpc) is 3.10. The number of piperazine rings is 1. The zero-order valence-corrected chi connectivity index (χ0v) is 18.8. The van der Waals surface area contributed by atoms with Crippen molar-refractivity contribution in [3.05, 3.63) is 53.9 Å². The highest BCUT2D eigenvalue weighted by molar-refractivity contribution is 5.95. The molecule has 7 heteroatoms. The fourth-order valence-electron chi connectivity index (χ4n) is 4.38. The van der Waals surface area contributed by atoms with Crippen LogP contribution in [0.2, 0.25) is 0 Å². The van der Waals surface area contributed by atoms with Gasteiger partial charge < -0.3 is 20.0 Å². The number of carbonyl (C=O) groups is 1. The zero-order valence-electron chi connectivity index (χ0n) is 18.8. The first kappa shape index (κ1) is 21.3. The molecular formula is C24H32N6O. The molecule has 31 heavy (non-hydrogen) atoms. The van der Waals surface area contributed by atoms with Crippen LogP contribution in [-0.4, -0.2) is 64.9 Å². The van der Waals surface area contributed by atoms with Crippen molar-refractivity contribution in [3.8, 4) is 0 Å². The number of nitrogens with one attached hydrogen (secondary N) is 1. The van der Waals surface area contributed by atoms with Gasteiger partial charge in [-0.15, -0.1) is 0 Å². The summed E-state index contributed by atoms with van der Waals surface area (Å²) in [5.41, 5.74) is 3.69. The summed E-state index contributed by atoms with van der Waals surface area (Å²) in [6, 6.07) is 7.98. The fraction of sp³-hybridized carbons (Fsp3) is 0.458. The normalized spacial score (nSPS) is 16.7. The first-order valence-electron chi connectivity index (χ1n) is 11.2. The molecule has 7 nitrogen and oxygen atoms in total. The Bertz CT molecular complexity index is 962. The third kappa shape index (κ3) is 4.42. The molecule has 0 unspecified atom stereocenters. The Hall–Kier alpha value is -2.93. The molecule has 1 amide bonds.